The number of amides is 1. The van der Waals surface area contributed by atoms with E-state index in [1.165, 1.54) is 25.5 Å². The van der Waals surface area contributed by atoms with Gasteiger partial charge in [0.05, 0.1) is 6.21 Å². The monoisotopic (exact) mass is 318 g/mol. The molecule has 0 aromatic heterocycles. The van der Waals surface area contributed by atoms with Crippen molar-refractivity contribution in [3.63, 3.8) is 0 Å². The second kappa shape index (κ2) is 7.59. The van der Waals surface area contributed by atoms with Crippen LogP contribution in [0.2, 0.25) is 5.02 Å². The first-order valence-electron chi connectivity index (χ1n) is 6.51. The number of aromatic hydroxyl groups is 1. The molecule has 0 aliphatic heterocycles. The van der Waals surface area contributed by atoms with Gasteiger partial charge in [0.15, 0.2) is 6.10 Å². The van der Waals surface area contributed by atoms with Crippen molar-refractivity contribution in [2.24, 2.45) is 5.10 Å². The lowest BCUT2D eigenvalue weighted by atomic mass is 10.1. The van der Waals surface area contributed by atoms with Gasteiger partial charge in [-0.15, -0.1) is 0 Å². The van der Waals surface area contributed by atoms with E-state index >= 15 is 0 Å². The molecule has 1 atom stereocenters. The van der Waals surface area contributed by atoms with Gasteiger partial charge in [-0.2, -0.15) is 5.10 Å². The molecule has 0 spiro atoms. The van der Waals surface area contributed by atoms with Gasteiger partial charge in [-0.3, -0.25) is 4.79 Å². The minimum atomic E-state index is -0.758. The first kappa shape index (κ1) is 16.0. The number of hydrogen-bond acceptors (Lipinski definition) is 4. The number of halogens is 1. The van der Waals surface area contributed by atoms with E-state index in [1.54, 1.807) is 18.2 Å². The molecule has 22 heavy (non-hydrogen) atoms. The Balaban J connectivity index is 2.05. The average molecular weight is 319 g/mol. The van der Waals surface area contributed by atoms with Crippen LogP contribution >= 0.6 is 11.6 Å². The van der Waals surface area contributed by atoms with Crippen LogP contribution in [0.15, 0.2) is 53.6 Å². The van der Waals surface area contributed by atoms with E-state index in [0.717, 1.165) is 5.56 Å². The van der Waals surface area contributed by atoms with Crippen LogP contribution in [0.5, 0.6) is 5.75 Å². The fraction of sp³-hybridized carbons (Fsp3) is 0.125. The number of ether oxygens (including phenoxy) is 1. The summed E-state index contributed by atoms with van der Waals surface area (Å²) in [4.78, 5) is 12.1. The largest absolute Gasteiger partial charge is 0.507 e. The van der Waals surface area contributed by atoms with Gasteiger partial charge < -0.3 is 9.84 Å². The SMILES string of the molecule is COC(C(=O)N/N=C/c1cc(Cl)ccc1O)c1ccccc1. The smallest absolute Gasteiger partial charge is 0.273 e. The average Bonchev–Trinajstić information content (AvgIpc) is 2.52. The predicted molar refractivity (Wildman–Crippen MR) is 85.0 cm³/mol. The molecule has 1 unspecified atom stereocenters. The molecule has 5 nitrogen and oxygen atoms in total. The molecular weight excluding hydrogens is 304 g/mol. The number of hydrazone groups is 1. The summed E-state index contributed by atoms with van der Waals surface area (Å²) in [6, 6.07) is 13.6. The quantitative estimate of drug-likeness (QED) is 0.658. The second-order valence-electron chi connectivity index (χ2n) is 4.46. The fourth-order valence-corrected chi connectivity index (χ4v) is 2.06. The Kier molecular flexibility index (Phi) is 5.52. The van der Waals surface area contributed by atoms with E-state index < -0.39 is 12.0 Å². The number of benzene rings is 2. The minimum absolute atomic E-state index is 0.0220. The summed E-state index contributed by atoms with van der Waals surface area (Å²) in [5.74, 6) is -0.389. The zero-order valence-corrected chi connectivity index (χ0v) is 12.6. The number of carbonyl (C=O) groups is 1. The van der Waals surface area contributed by atoms with Gasteiger partial charge in [-0.05, 0) is 23.8 Å². The van der Waals surface area contributed by atoms with E-state index in [4.69, 9.17) is 16.3 Å². The molecule has 2 rings (SSSR count). The maximum atomic E-state index is 12.1. The molecule has 0 bridgehead atoms. The molecule has 0 saturated carbocycles. The van der Waals surface area contributed by atoms with Crippen LogP contribution in [-0.2, 0) is 9.53 Å². The molecule has 1 amide bonds. The molecule has 2 aromatic rings. The number of nitrogens with one attached hydrogen (secondary N) is 1. The van der Waals surface area contributed by atoms with Gasteiger partial charge in [0.2, 0.25) is 0 Å². The first-order chi connectivity index (χ1) is 10.6. The van der Waals surface area contributed by atoms with Crippen LogP contribution in [0.3, 0.4) is 0 Å². The summed E-state index contributed by atoms with van der Waals surface area (Å²) in [6.45, 7) is 0. The molecule has 114 valence electrons. The molecule has 0 aliphatic rings. The highest BCUT2D eigenvalue weighted by molar-refractivity contribution is 6.30. The van der Waals surface area contributed by atoms with Crippen molar-refractivity contribution in [3.05, 3.63) is 64.7 Å². The minimum Gasteiger partial charge on any atom is -0.507 e. The lowest BCUT2D eigenvalue weighted by Crippen LogP contribution is -2.26. The van der Waals surface area contributed by atoms with Crippen LogP contribution in [-0.4, -0.2) is 24.3 Å². The van der Waals surface area contributed by atoms with Gasteiger partial charge in [0.25, 0.3) is 5.91 Å². The zero-order chi connectivity index (χ0) is 15.9. The van der Waals surface area contributed by atoms with E-state index in [-0.39, 0.29) is 5.75 Å². The molecule has 0 heterocycles. The Morgan fingerprint density at radius 1 is 1.32 bits per heavy atom. The van der Waals surface area contributed by atoms with Crippen molar-refractivity contribution in [2.75, 3.05) is 7.11 Å². The van der Waals surface area contributed by atoms with Crippen molar-refractivity contribution in [2.45, 2.75) is 6.10 Å². The topological polar surface area (TPSA) is 70.9 Å². The number of rotatable bonds is 5. The van der Waals surface area contributed by atoms with Crippen LogP contribution in [0.4, 0.5) is 0 Å². The molecule has 6 heteroatoms. The highest BCUT2D eigenvalue weighted by atomic mass is 35.5. The standard InChI is InChI=1S/C16H15ClN2O3/c1-22-15(11-5-3-2-4-6-11)16(21)19-18-10-12-9-13(17)7-8-14(12)20/h2-10,15,20H,1H3,(H,19,21)/b18-10+. The van der Waals surface area contributed by atoms with Crippen molar-refractivity contribution in [1.29, 1.82) is 0 Å². The Bertz CT molecular complexity index is 674. The fourth-order valence-electron chi connectivity index (χ4n) is 1.88. The molecular formula is C16H15ClN2O3. The number of methoxy groups -OCH3 is 1. The van der Waals surface area contributed by atoms with E-state index in [9.17, 15) is 9.90 Å². The summed E-state index contributed by atoms with van der Waals surface area (Å²) in [5.41, 5.74) is 3.51. The summed E-state index contributed by atoms with van der Waals surface area (Å²) in [5, 5.41) is 13.9. The van der Waals surface area contributed by atoms with Crippen molar-refractivity contribution < 1.29 is 14.6 Å². The van der Waals surface area contributed by atoms with Gasteiger partial charge in [-0.25, -0.2) is 5.43 Å². The van der Waals surface area contributed by atoms with Gasteiger partial charge in [0.1, 0.15) is 5.75 Å². The van der Waals surface area contributed by atoms with E-state index in [2.05, 4.69) is 10.5 Å². The van der Waals surface area contributed by atoms with Crippen LogP contribution in [0.1, 0.15) is 17.2 Å². The van der Waals surface area contributed by atoms with E-state index in [0.29, 0.717) is 10.6 Å². The Morgan fingerprint density at radius 2 is 2.05 bits per heavy atom. The summed E-state index contributed by atoms with van der Waals surface area (Å²) < 4.78 is 5.19. The van der Waals surface area contributed by atoms with Crippen LogP contribution < -0.4 is 5.43 Å². The summed E-state index contributed by atoms with van der Waals surface area (Å²) in [7, 11) is 1.45. The van der Waals surface area contributed by atoms with Crippen LogP contribution in [0.25, 0.3) is 0 Å². The lowest BCUT2D eigenvalue weighted by molar-refractivity contribution is -0.131. The lowest BCUT2D eigenvalue weighted by Gasteiger charge is -2.13. The summed E-state index contributed by atoms with van der Waals surface area (Å²) in [6.07, 6.45) is 0.558. The molecule has 0 fully saturated rings. The molecule has 0 radical (unpaired) electrons. The van der Waals surface area contributed by atoms with Crippen molar-refractivity contribution >= 4 is 23.7 Å². The highest BCUT2D eigenvalue weighted by Gasteiger charge is 2.19. The Morgan fingerprint density at radius 3 is 2.73 bits per heavy atom. The number of nitrogens with zero attached hydrogens (tertiary/aromatic N) is 1. The number of hydrogen-bond donors (Lipinski definition) is 2. The van der Waals surface area contributed by atoms with E-state index in [1.807, 2.05) is 18.2 Å². The second-order valence-corrected chi connectivity index (χ2v) is 4.90. The predicted octanol–water partition coefficient (Wildman–Crippen LogP) is 2.88. The molecule has 2 N–H and O–H groups in total. The first-order valence-corrected chi connectivity index (χ1v) is 6.89. The Labute approximate surface area is 133 Å². The third kappa shape index (κ3) is 4.07. The molecule has 2 aromatic carbocycles. The summed E-state index contributed by atoms with van der Waals surface area (Å²) >= 11 is 5.83. The normalized spacial score (nSPS) is 12.3. The van der Waals surface area contributed by atoms with Gasteiger partial charge in [-0.1, -0.05) is 41.9 Å². The zero-order valence-electron chi connectivity index (χ0n) is 11.9. The third-order valence-corrected chi connectivity index (χ3v) is 3.18. The molecule has 0 aliphatic carbocycles. The maximum Gasteiger partial charge on any atom is 0.273 e. The maximum absolute atomic E-state index is 12.1. The van der Waals surface area contributed by atoms with Crippen molar-refractivity contribution in [1.82, 2.24) is 5.43 Å². The third-order valence-electron chi connectivity index (χ3n) is 2.94. The Hall–Kier alpha value is -2.37. The molecule has 0 saturated heterocycles. The number of carbonyl (C=O) groups excluding carboxylic acids is 1. The van der Waals surface area contributed by atoms with Gasteiger partial charge >= 0.3 is 0 Å². The van der Waals surface area contributed by atoms with Crippen LogP contribution in [0, 0.1) is 0 Å². The number of phenols is 1. The van der Waals surface area contributed by atoms with Gasteiger partial charge in [0, 0.05) is 17.7 Å². The number of phenolic OH excluding ortho intramolecular Hbond substituents is 1. The van der Waals surface area contributed by atoms with Crippen molar-refractivity contribution in [3.8, 4) is 5.75 Å². The highest BCUT2D eigenvalue weighted by Crippen LogP contribution is 2.19.